The van der Waals surface area contributed by atoms with Gasteiger partial charge in [-0.25, -0.2) is 4.39 Å². The van der Waals surface area contributed by atoms with Crippen molar-refractivity contribution in [3.05, 3.63) is 40.1 Å². The Bertz CT molecular complexity index is 427. The van der Waals surface area contributed by atoms with Crippen LogP contribution in [0.5, 0.6) is 5.75 Å². The summed E-state index contributed by atoms with van der Waals surface area (Å²) in [5.41, 5.74) is 1.96. The number of hydrogen-bond acceptors (Lipinski definition) is 3. The van der Waals surface area contributed by atoms with Gasteiger partial charge in [0.1, 0.15) is 18.2 Å². The quantitative estimate of drug-likeness (QED) is 0.748. The van der Waals surface area contributed by atoms with Gasteiger partial charge in [0.2, 0.25) is 0 Å². The molecule has 6 heteroatoms. The van der Waals surface area contributed by atoms with Crippen LogP contribution in [-0.4, -0.2) is 26.9 Å². The van der Waals surface area contributed by atoms with Crippen molar-refractivity contribution in [3.8, 4) is 5.75 Å². The highest BCUT2D eigenvalue weighted by Crippen LogP contribution is 2.21. The van der Waals surface area contributed by atoms with Crippen LogP contribution < -0.4 is 10.1 Å². The van der Waals surface area contributed by atoms with Gasteiger partial charge in [-0.2, -0.15) is 0 Å². The molecule has 0 fully saturated rings. The highest BCUT2D eigenvalue weighted by molar-refractivity contribution is 6.36. The molecule has 1 rings (SSSR count). The van der Waals surface area contributed by atoms with Crippen LogP contribution in [0.3, 0.4) is 0 Å². The number of ether oxygens (including phenoxy) is 2. The number of hydrogen-bond donors (Lipinski definition) is 1. The molecule has 0 saturated heterocycles. The third-order valence-electron chi connectivity index (χ3n) is 2.30. The van der Waals surface area contributed by atoms with Crippen molar-refractivity contribution in [1.29, 1.82) is 0 Å². The first kappa shape index (κ1) is 16.2. The SMILES string of the molecule is COCCNCc1cc(F)ccc1OC/C(Cl)=C/Cl. The summed E-state index contributed by atoms with van der Waals surface area (Å²) in [7, 11) is 1.62. The maximum absolute atomic E-state index is 13.2. The summed E-state index contributed by atoms with van der Waals surface area (Å²) < 4.78 is 23.6. The van der Waals surface area contributed by atoms with E-state index in [0.717, 1.165) is 5.56 Å². The molecule has 0 saturated carbocycles. The normalized spacial score (nSPS) is 11.7. The number of halogens is 3. The third-order valence-corrected chi connectivity index (χ3v) is 2.90. The topological polar surface area (TPSA) is 30.5 Å². The Morgan fingerprint density at radius 2 is 2.26 bits per heavy atom. The molecule has 19 heavy (non-hydrogen) atoms. The van der Waals surface area contributed by atoms with Gasteiger partial charge in [0.05, 0.1) is 11.6 Å². The minimum absolute atomic E-state index is 0.155. The fraction of sp³-hybridized carbons (Fsp3) is 0.385. The summed E-state index contributed by atoms with van der Waals surface area (Å²) in [4.78, 5) is 0. The Morgan fingerprint density at radius 3 is 2.95 bits per heavy atom. The van der Waals surface area contributed by atoms with Crippen molar-refractivity contribution in [2.45, 2.75) is 6.54 Å². The van der Waals surface area contributed by atoms with E-state index < -0.39 is 0 Å². The highest BCUT2D eigenvalue weighted by Gasteiger charge is 2.06. The summed E-state index contributed by atoms with van der Waals surface area (Å²) in [5, 5.41) is 3.51. The highest BCUT2D eigenvalue weighted by atomic mass is 35.5. The van der Waals surface area contributed by atoms with Crippen LogP contribution >= 0.6 is 23.2 Å². The van der Waals surface area contributed by atoms with Crippen LogP contribution in [0.4, 0.5) is 4.39 Å². The van der Waals surface area contributed by atoms with Gasteiger partial charge in [0.15, 0.2) is 0 Å². The summed E-state index contributed by atoms with van der Waals surface area (Å²) in [6.07, 6.45) is 0. The monoisotopic (exact) mass is 307 g/mol. The molecule has 1 N–H and O–H groups in total. The minimum Gasteiger partial charge on any atom is -0.488 e. The Labute approximate surface area is 122 Å². The zero-order valence-corrected chi connectivity index (χ0v) is 12.1. The van der Waals surface area contributed by atoms with Gasteiger partial charge >= 0.3 is 0 Å². The molecule has 3 nitrogen and oxygen atoms in total. The van der Waals surface area contributed by atoms with E-state index in [1.807, 2.05) is 0 Å². The molecule has 0 unspecified atom stereocenters. The lowest BCUT2D eigenvalue weighted by molar-refractivity contribution is 0.199. The molecule has 0 aliphatic rings. The molecule has 0 heterocycles. The number of methoxy groups -OCH3 is 1. The zero-order chi connectivity index (χ0) is 14.1. The Balaban J connectivity index is 2.63. The molecule has 106 valence electrons. The predicted octanol–water partition coefficient (Wildman–Crippen LogP) is 3.26. The van der Waals surface area contributed by atoms with Gasteiger partial charge in [-0.15, -0.1) is 0 Å². The van der Waals surface area contributed by atoms with Gasteiger partial charge < -0.3 is 14.8 Å². The second-order valence-electron chi connectivity index (χ2n) is 3.77. The lowest BCUT2D eigenvalue weighted by Crippen LogP contribution is -2.19. The van der Waals surface area contributed by atoms with Crippen LogP contribution in [0.1, 0.15) is 5.56 Å². The van der Waals surface area contributed by atoms with Gasteiger partial charge in [-0.1, -0.05) is 23.2 Å². The van der Waals surface area contributed by atoms with Crippen molar-refractivity contribution >= 4 is 23.2 Å². The van der Waals surface area contributed by atoms with E-state index in [9.17, 15) is 4.39 Å². The second-order valence-corrected chi connectivity index (χ2v) is 4.47. The van der Waals surface area contributed by atoms with Crippen molar-refractivity contribution < 1.29 is 13.9 Å². The zero-order valence-electron chi connectivity index (χ0n) is 10.6. The van der Waals surface area contributed by atoms with Crippen LogP contribution in [0.2, 0.25) is 0 Å². The molecular weight excluding hydrogens is 292 g/mol. The fourth-order valence-corrected chi connectivity index (χ4v) is 1.52. The van der Waals surface area contributed by atoms with Gasteiger partial charge in [0.25, 0.3) is 0 Å². The summed E-state index contributed by atoms with van der Waals surface area (Å²) in [5.74, 6) is 0.262. The van der Waals surface area contributed by atoms with E-state index in [2.05, 4.69) is 5.32 Å². The van der Waals surface area contributed by atoms with Crippen LogP contribution in [0.25, 0.3) is 0 Å². The lowest BCUT2D eigenvalue weighted by Gasteiger charge is -2.12. The lowest BCUT2D eigenvalue weighted by atomic mass is 10.2. The first-order chi connectivity index (χ1) is 9.17. The van der Waals surface area contributed by atoms with Gasteiger partial charge in [-0.05, 0) is 18.2 Å². The average Bonchev–Trinajstić information content (AvgIpc) is 2.42. The second kappa shape index (κ2) is 9.15. The molecule has 0 bridgehead atoms. The van der Waals surface area contributed by atoms with Crippen molar-refractivity contribution in [3.63, 3.8) is 0 Å². The van der Waals surface area contributed by atoms with E-state index in [-0.39, 0.29) is 12.4 Å². The molecule has 0 aromatic heterocycles. The summed E-state index contributed by atoms with van der Waals surface area (Å²) in [6, 6.07) is 4.33. The van der Waals surface area contributed by atoms with Crippen molar-refractivity contribution in [1.82, 2.24) is 5.32 Å². The van der Waals surface area contributed by atoms with Crippen molar-refractivity contribution in [2.24, 2.45) is 0 Å². The standard InChI is InChI=1S/C13H16Cl2FNO2/c1-18-5-4-17-8-10-6-12(16)2-3-13(10)19-9-11(15)7-14/h2-3,6-7,17H,4-5,8-9H2,1H3/b11-7-. The number of benzene rings is 1. The van der Waals surface area contributed by atoms with E-state index in [1.54, 1.807) is 13.2 Å². The minimum atomic E-state index is -0.310. The van der Waals surface area contributed by atoms with Gasteiger partial charge in [-0.3, -0.25) is 0 Å². The van der Waals surface area contributed by atoms with E-state index in [4.69, 9.17) is 32.7 Å². The number of nitrogens with one attached hydrogen (secondary N) is 1. The third kappa shape index (κ3) is 6.25. The largest absolute Gasteiger partial charge is 0.488 e. The maximum atomic E-state index is 13.2. The first-order valence-electron chi connectivity index (χ1n) is 5.73. The molecule has 0 atom stereocenters. The van der Waals surface area contributed by atoms with Crippen LogP contribution in [0.15, 0.2) is 28.8 Å². The molecule has 0 spiro atoms. The average molecular weight is 308 g/mol. The summed E-state index contributed by atoms with van der Waals surface area (Å²) in [6.45, 7) is 1.90. The Morgan fingerprint density at radius 1 is 1.47 bits per heavy atom. The van der Waals surface area contributed by atoms with E-state index >= 15 is 0 Å². The first-order valence-corrected chi connectivity index (χ1v) is 6.54. The predicted molar refractivity (Wildman–Crippen MR) is 75.3 cm³/mol. The molecule has 1 aromatic carbocycles. The smallest absolute Gasteiger partial charge is 0.125 e. The van der Waals surface area contributed by atoms with Crippen LogP contribution in [-0.2, 0) is 11.3 Å². The van der Waals surface area contributed by atoms with E-state index in [1.165, 1.54) is 17.7 Å². The molecule has 0 aliphatic heterocycles. The Hall–Kier alpha value is -0.810. The number of rotatable bonds is 8. The fourth-order valence-electron chi connectivity index (χ4n) is 1.40. The molecular formula is C13H16Cl2FNO2. The molecule has 0 amide bonds. The van der Waals surface area contributed by atoms with Crippen molar-refractivity contribution in [2.75, 3.05) is 26.9 Å². The van der Waals surface area contributed by atoms with Gasteiger partial charge in [0, 0.05) is 31.3 Å². The Kier molecular flexibility index (Phi) is 7.82. The molecule has 1 aromatic rings. The summed E-state index contributed by atoms with van der Waals surface area (Å²) >= 11 is 11.2. The molecule has 0 radical (unpaired) electrons. The van der Waals surface area contributed by atoms with Crippen LogP contribution in [0, 0.1) is 5.82 Å². The molecule has 0 aliphatic carbocycles. The van der Waals surface area contributed by atoms with E-state index in [0.29, 0.717) is 30.5 Å². The maximum Gasteiger partial charge on any atom is 0.125 e.